The van der Waals surface area contributed by atoms with Crippen LogP contribution in [0.1, 0.15) is 28.8 Å². The molecule has 1 heterocycles. The Bertz CT molecular complexity index is 852. The molecule has 0 amide bonds. The number of hydrogen-bond acceptors (Lipinski definition) is 5. The molecule has 2 aromatic rings. The molecule has 162 valence electrons. The van der Waals surface area contributed by atoms with Crippen molar-refractivity contribution in [3.8, 4) is 5.75 Å². The fourth-order valence-corrected chi connectivity index (χ4v) is 4.28. The first-order chi connectivity index (χ1) is 14.1. The standard InChI is InChI=1S/C23H27ClN2O3.ClH/c24-17-7-9-18(10-8-17)26-13-11-25(12-14-26)15-19(27)16-29-23-6-2-3-20-21(23)4-1-5-22(20)28;/h2-3,6-10,19,27H,1,4-5,11-16H2;1H. The van der Waals surface area contributed by atoms with E-state index in [1.165, 1.54) is 5.69 Å². The van der Waals surface area contributed by atoms with Gasteiger partial charge in [0.2, 0.25) is 0 Å². The molecule has 1 aliphatic carbocycles. The first-order valence-corrected chi connectivity index (χ1v) is 10.7. The maximum absolute atomic E-state index is 12.1. The van der Waals surface area contributed by atoms with Crippen molar-refractivity contribution in [3.63, 3.8) is 0 Å². The minimum Gasteiger partial charge on any atom is -0.491 e. The number of Topliss-reactive ketones (excluding diaryl/α,β-unsaturated/α-hetero) is 1. The van der Waals surface area contributed by atoms with Crippen LogP contribution in [-0.2, 0) is 6.42 Å². The van der Waals surface area contributed by atoms with E-state index in [0.29, 0.717) is 13.0 Å². The summed E-state index contributed by atoms with van der Waals surface area (Å²) in [5.74, 6) is 0.929. The second kappa shape index (κ2) is 10.5. The van der Waals surface area contributed by atoms with Crippen molar-refractivity contribution < 1.29 is 14.6 Å². The lowest BCUT2D eigenvalue weighted by molar-refractivity contribution is 0.0658. The SMILES string of the molecule is Cl.O=C1CCCc2c(OCC(O)CN3CCN(c4ccc(Cl)cc4)CC3)cccc21. The monoisotopic (exact) mass is 450 g/mol. The van der Waals surface area contributed by atoms with Gasteiger partial charge in [0.25, 0.3) is 0 Å². The van der Waals surface area contributed by atoms with E-state index in [4.69, 9.17) is 16.3 Å². The molecule has 4 rings (SSSR count). The minimum absolute atomic E-state index is 0. The summed E-state index contributed by atoms with van der Waals surface area (Å²) >= 11 is 5.97. The number of piperazine rings is 1. The molecular formula is C23H28Cl2N2O3. The number of benzene rings is 2. The molecule has 0 saturated carbocycles. The molecule has 1 saturated heterocycles. The Balaban J connectivity index is 0.00000256. The zero-order chi connectivity index (χ0) is 20.2. The number of hydrogen-bond donors (Lipinski definition) is 1. The van der Waals surface area contributed by atoms with Gasteiger partial charge in [-0.2, -0.15) is 0 Å². The fourth-order valence-electron chi connectivity index (χ4n) is 4.16. The van der Waals surface area contributed by atoms with Crippen LogP contribution >= 0.6 is 24.0 Å². The maximum atomic E-state index is 12.1. The number of carbonyl (C=O) groups excluding carboxylic acids is 1. The number of halogens is 2. The maximum Gasteiger partial charge on any atom is 0.163 e. The predicted molar refractivity (Wildman–Crippen MR) is 123 cm³/mol. The van der Waals surface area contributed by atoms with E-state index in [0.717, 1.165) is 60.9 Å². The van der Waals surface area contributed by atoms with Crippen LogP contribution in [0.25, 0.3) is 0 Å². The summed E-state index contributed by atoms with van der Waals surface area (Å²) < 4.78 is 5.91. The second-order valence-corrected chi connectivity index (χ2v) is 8.22. The number of anilines is 1. The number of fused-ring (bicyclic) bond motifs is 1. The number of carbonyl (C=O) groups is 1. The first kappa shape index (κ1) is 22.9. The van der Waals surface area contributed by atoms with E-state index < -0.39 is 6.10 Å². The van der Waals surface area contributed by atoms with E-state index in [-0.39, 0.29) is 24.8 Å². The van der Waals surface area contributed by atoms with Crippen LogP contribution < -0.4 is 9.64 Å². The summed E-state index contributed by atoms with van der Waals surface area (Å²) in [7, 11) is 0. The number of ketones is 1. The highest BCUT2D eigenvalue weighted by Crippen LogP contribution is 2.29. The van der Waals surface area contributed by atoms with Gasteiger partial charge in [-0.05, 0) is 43.2 Å². The summed E-state index contributed by atoms with van der Waals surface area (Å²) in [6.07, 6.45) is 1.78. The van der Waals surface area contributed by atoms with Crippen molar-refractivity contribution in [1.82, 2.24) is 4.90 Å². The number of aliphatic hydroxyl groups is 1. The van der Waals surface area contributed by atoms with E-state index in [2.05, 4.69) is 9.80 Å². The third kappa shape index (κ3) is 5.46. The van der Waals surface area contributed by atoms with Gasteiger partial charge < -0.3 is 14.7 Å². The number of β-amino-alcohol motifs (C(OH)–C–C–N with tert-alkyl or cyclic N) is 1. The molecule has 1 N–H and O–H groups in total. The summed E-state index contributed by atoms with van der Waals surface area (Å²) in [6, 6.07) is 13.6. The summed E-state index contributed by atoms with van der Waals surface area (Å²) in [4.78, 5) is 16.7. The molecule has 30 heavy (non-hydrogen) atoms. The van der Waals surface area contributed by atoms with Crippen molar-refractivity contribution in [1.29, 1.82) is 0 Å². The molecule has 2 aliphatic rings. The Morgan fingerprint density at radius 2 is 1.77 bits per heavy atom. The topological polar surface area (TPSA) is 53.0 Å². The van der Waals surface area contributed by atoms with Gasteiger partial charge in [-0.1, -0.05) is 23.7 Å². The Morgan fingerprint density at radius 1 is 1.03 bits per heavy atom. The molecule has 1 atom stereocenters. The molecule has 0 bridgehead atoms. The third-order valence-electron chi connectivity index (χ3n) is 5.73. The van der Waals surface area contributed by atoms with Gasteiger partial charge in [-0.3, -0.25) is 9.69 Å². The Morgan fingerprint density at radius 3 is 2.50 bits per heavy atom. The van der Waals surface area contributed by atoms with Crippen molar-refractivity contribution >= 4 is 35.5 Å². The highest BCUT2D eigenvalue weighted by molar-refractivity contribution is 6.30. The van der Waals surface area contributed by atoms with Crippen LogP contribution in [0, 0.1) is 0 Å². The molecule has 1 fully saturated rings. The normalized spacial score (nSPS) is 17.8. The summed E-state index contributed by atoms with van der Waals surface area (Å²) in [5, 5.41) is 11.2. The molecule has 1 unspecified atom stereocenters. The minimum atomic E-state index is -0.563. The second-order valence-electron chi connectivity index (χ2n) is 7.79. The lowest BCUT2D eigenvalue weighted by Crippen LogP contribution is -2.49. The van der Waals surface area contributed by atoms with Gasteiger partial charge in [0.15, 0.2) is 5.78 Å². The summed E-state index contributed by atoms with van der Waals surface area (Å²) in [5.41, 5.74) is 2.95. The number of ether oxygens (including phenoxy) is 1. The quantitative estimate of drug-likeness (QED) is 0.724. The van der Waals surface area contributed by atoms with Crippen LogP contribution in [0.3, 0.4) is 0 Å². The van der Waals surface area contributed by atoms with Gasteiger partial charge in [-0.15, -0.1) is 12.4 Å². The largest absolute Gasteiger partial charge is 0.491 e. The molecule has 0 spiro atoms. The molecule has 0 radical (unpaired) electrons. The van der Waals surface area contributed by atoms with E-state index in [1.807, 2.05) is 42.5 Å². The smallest absolute Gasteiger partial charge is 0.163 e. The Labute approximate surface area is 189 Å². The molecule has 0 aromatic heterocycles. The zero-order valence-corrected chi connectivity index (χ0v) is 18.5. The van der Waals surface area contributed by atoms with Gasteiger partial charge in [0.1, 0.15) is 18.5 Å². The Kier molecular flexibility index (Phi) is 8.00. The van der Waals surface area contributed by atoms with Gasteiger partial charge >= 0.3 is 0 Å². The lowest BCUT2D eigenvalue weighted by atomic mass is 9.90. The summed E-state index contributed by atoms with van der Waals surface area (Å²) in [6.45, 7) is 4.46. The van der Waals surface area contributed by atoms with Gasteiger partial charge in [-0.25, -0.2) is 0 Å². The lowest BCUT2D eigenvalue weighted by Gasteiger charge is -2.36. The highest BCUT2D eigenvalue weighted by Gasteiger charge is 2.22. The first-order valence-electron chi connectivity index (χ1n) is 10.3. The fraction of sp³-hybridized carbons (Fsp3) is 0.435. The zero-order valence-electron chi connectivity index (χ0n) is 16.9. The van der Waals surface area contributed by atoms with Crippen molar-refractivity contribution in [2.24, 2.45) is 0 Å². The van der Waals surface area contributed by atoms with Crippen molar-refractivity contribution in [2.45, 2.75) is 25.4 Å². The molecule has 1 aliphatic heterocycles. The van der Waals surface area contributed by atoms with Crippen LogP contribution in [0.5, 0.6) is 5.75 Å². The average Bonchev–Trinajstić information content (AvgIpc) is 2.74. The van der Waals surface area contributed by atoms with Crippen LogP contribution in [0.2, 0.25) is 5.02 Å². The van der Waals surface area contributed by atoms with E-state index in [1.54, 1.807) is 0 Å². The third-order valence-corrected chi connectivity index (χ3v) is 5.98. The molecular weight excluding hydrogens is 423 g/mol. The van der Waals surface area contributed by atoms with Crippen LogP contribution in [-0.4, -0.2) is 61.2 Å². The predicted octanol–water partition coefficient (Wildman–Crippen LogP) is 3.84. The van der Waals surface area contributed by atoms with E-state index >= 15 is 0 Å². The van der Waals surface area contributed by atoms with Gasteiger partial charge in [0.05, 0.1) is 0 Å². The number of rotatable bonds is 6. The van der Waals surface area contributed by atoms with E-state index in [9.17, 15) is 9.90 Å². The highest BCUT2D eigenvalue weighted by atomic mass is 35.5. The van der Waals surface area contributed by atoms with Crippen LogP contribution in [0.15, 0.2) is 42.5 Å². The number of aliphatic hydroxyl groups excluding tert-OH is 1. The van der Waals surface area contributed by atoms with Crippen molar-refractivity contribution in [2.75, 3.05) is 44.2 Å². The van der Waals surface area contributed by atoms with Crippen molar-refractivity contribution in [3.05, 3.63) is 58.6 Å². The molecule has 2 aromatic carbocycles. The van der Waals surface area contributed by atoms with Gasteiger partial charge in [0, 0.05) is 61.0 Å². The van der Waals surface area contributed by atoms with Crippen LogP contribution in [0.4, 0.5) is 5.69 Å². The molecule has 5 nitrogen and oxygen atoms in total. The average molecular weight is 451 g/mol. The Hall–Kier alpha value is -1.79. The number of nitrogens with zero attached hydrogens (tertiary/aromatic N) is 2. The molecule has 7 heteroatoms.